The van der Waals surface area contributed by atoms with Crippen molar-refractivity contribution in [3.63, 3.8) is 0 Å². The Morgan fingerprint density at radius 3 is 2.47 bits per heavy atom. The molecule has 3 aromatic rings. The average molecular weight is 515 g/mol. The summed E-state index contributed by atoms with van der Waals surface area (Å²) in [5, 5.41) is 12.1. The SMILES string of the molecule is COc1ccnc(C(=O)N[C@](C)(C=O)CO[C@@H](C)[C@@H](c2ccccc2)S(=O)c2ccc(F)cc2)c1O. The molecule has 0 fully saturated rings. The van der Waals surface area contributed by atoms with Gasteiger partial charge in [0.15, 0.2) is 17.2 Å². The lowest BCUT2D eigenvalue weighted by Gasteiger charge is -2.29. The molecule has 1 heterocycles. The number of aromatic nitrogens is 1. The fourth-order valence-corrected chi connectivity index (χ4v) is 5.03. The fraction of sp³-hybridized carbons (Fsp3) is 0.269. The Hall–Kier alpha value is -3.63. The Morgan fingerprint density at radius 2 is 1.86 bits per heavy atom. The highest BCUT2D eigenvalue weighted by Crippen LogP contribution is 2.31. The number of carbonyl (C=O) groups excluding carboxylic acids is 2. The summed E-state index contributed by atoms with van der Waals surface area (Å²) >= 11 is 0. The van der Waals surface area contributed by atoms with E-state index in [1.807, 2.05) is 18.2 Å². The van der Waals surface area contributed by atoms with Crippen molar-refractivity contribution in [2.45, 2.75) is 35.6 Å². The Morgan fingerprint density at radius 1 is 1.19 bits per heavy atom. The van der Waals surface area contributed by atoms with Crippen LogP contribution in [-0.4, -0.2) is 51.9 Å². The monoisotopic (exact) mass is 514 g/mol. The molecule has 10 heteroatoms. The molecule has 1 amide bonds. The highest BCUT2D eigenvalue weighted by molar-refractivity contribution is 7.85. The number of aldehydes is 1. The molecule has 4 atom stereocenters. The number of rotatable bonds is 11. The van der Waals surface area contributed by atoms with Gasteiger partial charge in [-0.25, -0.2) is 9.37 Å². The van der Waals surface area contributed by atoms with E-state index in [0.29, 0.717) is 11.2 Å². The van der Waals surface area contributed by atoms with Gasteiger partial charge in [0.05, 0.1) is 35.9 Å². The van der Waals surface area contributed by atoms with Crippen LogP contribution in [0.15, 0.2) is 71.8 Å². The number of hydrogen-bond donors (Lipinski definition) is 2. The van der Waals surface area contributed by atoms with E-state index in [1.165, 1.54) is 50.6 Å². The molecule has 0 aliphatic heterocycles. The molecular weight excluding hydrogens is 487 g/mol. The number of amides is 1. The topological polar surface area (TPSA) is 115 Å². The van der Waals surface area contributed by atoms with Crippen LogP contribution >= 0.6 is 0 Å². The number of ether oxygens (including phenoxy) is 2. The van der Waals surface area contributed by atoms with Gasteiger partial charge in [-0.3, -0.25) is 9.00 Å². The van der Waals surface area contributed by atoms with Crippen LogP contribution in [-0.2, 0) is 20.3 Å². The van der Waals surface area contributed by atoms with Crippen molar-refractivity contribution in [3.05, 3.63) is 83.9 Å². The summed E-state index contributed by atoms with van der Waals surface area (Å²) in [6, 6.07) is 15.8. The third-order valence-corrected chi connectivity index (χ3v) is 7.31. The second-order valence-corrected chi connectivity index (χ2v) is 9.87. The largest absolute Gasteiger partial charge is 0.503 e. The number of halogens is 1. The lowest BCUT2D eigenvalue weighted by molar-refractivity contribution is -0.115. The molecule has 2 aromatic carbocycles. The van der Waals surface area contributed by atoms with E-state index in [0.717, 1.165) is 5.56 Å². The standard InChI is InChI=1S/C26H27FN2O6S/c1-17(24(18-7-5-4-6-8-18)36(33)20-11-9-19(27)10-12-20)35-16-26(2,15-30)29-25(32)22-23(31)21(34-3)13-14-28-22/h4-15,17,24,31H,16H2,1-3H3,(H,29,32)/t17-,24-,26+,36?/m0/s1. The Balaban J connectivity index is 1.79. The molecule has 0 radical (unpaired) electrons. The maximum Gasteiger partial charge on any atom is 0.274 e. The van der Waals surface area contributed by atoms with Gasteiger partial charge in [0.25, 0.3) is 5.91 Å². The lowest BCUT2D eigenvalue weighted by Crippen LogP contribution is -2.52. The maximum absolute atomic E-state index is 13.5. The molecule has 2 N–H and O–H groups in total. The third-order valence-electron chi connectivity index (χ3n) is 5.46. The van der Waals surface area contributed by atoms with Gasteiger partial charge in [-0.05, 0) is 43.7 Å². The predicted molar refractivity (Wildman–Crippen MR) is 132 cm³/mol. The number of nitrogens with zero attached hydrogens (tertiary/aromatic N) is 1. The number of nitrogens with one attached hydrogen (secondary N) is 1. The van der Waals surface area contributed by atoms with Crippen LogP contribution in [0.3, 0.4) is 0 Å². The lowest BCUT2D eigenvalue weighted by atomic mass is 10.0. The zero-order valence-electron chi connectivity index (χ0n) is 20.0. The van der Waals surface area contributed by atoms with Gasteiger partial charge in [-0.2, -0.15) is 0 Å². The molecule has 1 aromatic heterocycles. The number of aromatic hydroxyl groups is 1. The number of benzene rings is 2. The van der Waals surface area contributed by atoms with Gasteiger partial charge in [0, 0.05) is 17.2 Å². The Labute approximate surface area is 210 Å². The molecule has 0 aliphatic carbocycles. The second kappa shape index (κ2) is 11.9. The smallest absolute Gasteiger partial charge is 0.274 e. The first kappa shape index (κ1) is 27.0. The van der Waals surface area contributed by atoms with Crippen molar-refractivity contribution >= 4 is 23.0 Å². The number of pyridine rings is 1. The van der Waals surface area contributed by atoms with Crippen LogP contribution in [0.5, 0.6) is 11.5 Å². The van der Waals surface area contributed by atoms with E-state index in [2.05, 4.69) is 10.3 Å². The Bertz CT molecular complexity index is 1220. The van der Waals surface area contributed by atoms with Gasteiger partial charge >= 0.3 is 0 Å². The van der Waals surface area contributed by atoms with Crippen LogP contribution < -0.4 is 10.1 Å². The fourth-order valence-electron chi connectivity index (χ4n) is 3.50. The molecule has 0 spiro atoms. The highest BCUT2D eigenvalue weighted by atomic mass is 32.2. The van der Waals surface area contributed by atoms with Crippen molar-refractivity contribution in [2.24, 2.45) is 0 Å². The summed E-state index contributed by atoms with van der Waals surface area (Å²) in [5.74, 6) is -1.64. The molecule has 0 aliphatic rings. The zero-order chi connectivity index (χ0) is 26.3. The Kier molecular flexibility index (Phi) is 8.89. The van der Waals surface area contributed by atoms with Crippen LogP contribution in [0.1, 0.15) is 35.1 Å². The quantitative estimate of drug-likeness (QED) is 0.376. The number of carbonyl (C=O) groups is 2. The minimum Gasteiger partial charge on any atom is -0.503 e. The van der Waals surface area contributed by atoms with Crippen LogP contribution in [0.25, 0.3) is 0 Å². The molecule has 0 bridgehead atoms. The molecule has 8 nitrogen and oxygen atoms in total. The number of hydrogen-bond acceptors (Lipinski definition) is 7. The van der Waals surface area contributed by atoms with E-state index in [1.54, 1.807) is 19.1 Å². The first-order valence-corrected chi connectivity index (χ1v) is 12.2. The summed E-state index contributed by atoms with van der Waals surface area (Å²) in [6.07, 6.45) is 1.14. The minimum atomic E-state index is -1.61. The van der Waals surface area contributed by atoms with Crippen LogP contribution in [0, 0.1) is 5.82 Å². The molecule has 0 saturated carbocycles. The molecule has 190 valence electrons. The summed E-state index contributed by atoms with van der Waals surface area (Å²) in [4.78, 5) is 29.0. The van der Waals surface area contributed by atoms with Crippen LogP contribution in [0.2, 0.25) is 0 Å². The van der Waals surface area contributed by atoms with E-state index >= 15 is 0 Å². The summed E-state index contributed by atoms with van der Waals surface area (Å²) < 4.78 is 37.8. The summed E-state index contributed by atoms with van der Waals surface area (Å²) in [7, 11) is -0.278. The maximum atomic E-state index is 13.5. The average Bonchev–Trinajstić information content (AvgIpc) is 2.88. The van der Waals surface area contributed by atoms with E-state index in [4.69, 9.17) is 9.47 Å². The third kappa shape index (κ3) is 6.32. The summed E-state index contributed by atoms with van der Waals surface area (Å²) in [6.45, 7) is 2.91. The summed E-state index contributed by atoms with van der Waals surface area (Å²) in [5.41, 5.74) is -1.06. The van der Waals surface area contributed by atoms with Gasteiger partial charge in [0.1, 0.15) is 17.6 Å². The van der Waals surface area contributed by atoms with Crippen molar-refractivity contribution in [3.8, 4) is 11.5 Å². The van der Waals surface area contributed by atoms with Gasteiger partial charge in [-0.1, -0.05) is 30.3 Å². The van der Waals surface area contributed by atoms with Crippen molar-refractivity contribution < 1.29 is 32.8 Å². The van der Waals surface area contributed by atoms with Crippen molar-refractivity contribution in [1.82, 2.24) is 10.3 Å². The molecule has 0 saturated heterocycles. The van der Waals surface area contributed by atoms with E-state index in [9.17, 15) is 23.3 Å². The van der Waals surface area contributed by atoms with Gasteiger partial charge in [-0.15, -0.1) is 0 Å². The highest BCUT2D eigenvalue weighted by Gasteiger charge is 2.33. The van der Waals surface area contributed by atoms with Gasteiger partial charge < -0.3 is 24.7 Å². The second-order valence-electron chi connectivity index (χ2n) is 8.30. The van der Waals surface area contributed by atoms with E-state index in [-0.39, 0.29) is 18.1 Å². The first-order valence-electron chi connectivity index (χ1n) is 11.0. The van der Waals surface area contributed by atoms with Crippen LogP contribution in [0.4, 0.5) is 4.39 Å². The zero-order valence-corrected chi connectivity index (χ0v) is 20.8. The van der Waals surface area contributed by atoms with Crippen molar-refractivity contribution in [2.75, 3.05) is 13.7 Å². The first-order chi connectivity index (χ1) is 17.2. The van der Waals surface area contributed by atoms with E-state index < -0.39 is 45.2 Å². The molecule has 1 unspecified atom stereocenters. The normalized spacial score (nSPS) is 15.2. The predicted octanol–water partition coefficient (Wildman–Crippen LogP) is 3.58. The minimum absolute atomic E-state index is 0.0572. The van der Waals surface area contributed by atoms with Gasteiger partial charge in [0.2, 0.25) is 0 Å². The molecule has 3 rings (SSSR count). The molecule has 36 heavy (non-hydrogen) atoms. The molecular formula is C26H27FN2O6S. The number of methoxy groups -OCH3 is 1. The van der Waals surface area contributed by atoms with Crippen molar-refractivity contribution in [1.29, 1.82) is 0 Å².